The first kappa shape index (κ1) is 15.1. The van der Waals surface area contributed by atoms with E-state index in [1.165, 1.54) is 5.56 Å². The summed E-state index contributed by atoms with van der Waals surface area (Å²) in [6.07, 6.45) is 1.83. The van der Waals surface area contributed by atoms with Crippen LogP contribution in [0.2, 0.25) is 0 Å². The van der Waals surface area contributed by atoms with E-state index in [2.05, 4.69) is 41.1 Å². The molecule has 0 spiro atoms. The summed E-state index contributed by atoms with van der Waals surface area (Å²) < 4.78 is 7.02. The van der Waals surface area contributed by atoms with Gasteiger partial charge in [-0.05, 0) is 42.2 Å². The van der Waals surface area contributed by atoms with Crippen molar-refractivity contribution in [1.29, 1.82) is 0 Å². The average molecular weight is 334 g/mol. The lowest BCUT2D eigenvalue weighted by Gasteiger charge is -2.14. The van der Waals surface area contributed by atoms with Crippen LogP contribution in [0.15, 0.2) is 53.0 Å². The zero-order valence-electron chi connectivity index (χ0n) is 11.7. The van der Waals surface area contributed by atoms with Gasteiger partial charge >= 0.3 is 0 Å². The van der Waals surface area contributed by atoms with Crippen molar-refractivity contribution in [3.63, 3.8) is 0 Å². The molecule has 2 N–H and O–H groups in total. The minimum atomic E-state index is 0.187. The summed E-state index contributed by atoms with van der Waals surface area (Å²) in [7, 11) is 0. The summed E-state index contributed by atoms with van der Waals surface area (Å²) in [6, 6.07) is 16.5. The van der Waals surface area contributed by atoms with Crippen LogP contribution in [0.5, 0.6) is 5.75 Å². The van der Waals surface area contributed by atoms with Gasteiger partial charge in [-0.2, -0.15) is 0 Å². The molecule has 1 unspecified atom stereocenters. The Labute approximate surface area is 129 Å². The molecule has 106 valence electrons. The fraction of sp³-hybridized carbons (Fsp3) is 0.294. The van der Waals surface area contributed by atoms with Crippen molar-refractivity contribution < 1.29 is 4.74 Å². The lowest BCUT2D eigenvalue weighted by atomic mass is 10.0. The van der Waals surface area contributed by atoms with E-state index in [9.17, 15) is 0 Å². The molecule has 0 bridgehead atoms. The summed E-state index contributed by atoms with van der Waals surface area (Å²) in [5, 5.41) is 0. The molecule has 1 atom stereocenters. The van der Waals surface area contributed by atoms with E-state index in [1.807, 2.05) is 30.3 Å². The quantitative estimate of drug-likeness (QED) is 0.854. The molecule has 0 aliphatic carbocycles. The molecule has 3 heteroatoms. The number of hydrogen-bond donors (Lipinski definition) is 1. The van der Waals surface area contributed by atoms with Gasteiger partial charge in [0.25, 0.3) is 0 Å². The second-order valence-electron chi connectivity index (χ2n) is 4.90. The monoisotopic (exact) mass is 333 g/mol. The van der Waals surface area contributed by atoms with Crippen molar-refractivity contribution in [1.82, 2.24) is 0 Å². The van der Waals surface area contributed by atoms with Crippen molar-refractivity contribution in [3.8, 4) is 5.75 Å². The third-order valence-corrected chi connectivity index (χ3v) is 3.82. The highest BCUT2D eigenvalue weighted by Crippen LogP contribution is 2.21. The minimum Gasteiger partial charge on any atom is -0.489 e. The first-order valence-electron chi connectivity index (χ1n) is 6.89. The van der Waals surface area contributed by atoms with Gasteiger partial charge in [0.05, 0.1) is 0 Å². The first-order valence-corrected chi connectivity index (χ1v) is 7.69. The fourth-order valence-electron chi connectivity index (χ4n) is 1.98. The van der Waals surface area contributed by atoms with E-state index in [4.69, 9.17) is 10.5 Å². The predicted molar refractivity (Wildman–Crippen MR) is 86.9 cm³/mol. The molecule has 0 fully saturated rings. The third-order valence-electron chi connectivity index (χ3n) is 3.29. The average Bonchev–Trinajstić information content (AvgIpc) is 2.48. The molecule has 2 aromatic carbocycles. The molecular weight excluding hydrogens is 314 g/mol. The standard InChI is InChI=1S/C17H20BrNO/c1-2-16(19)11-14-5-3-4-6-17(14)20-12-13-7-9-15(18)10-8-13/h3-10,16H,2,11-12,19H2,1H3. The van der Waals surface area contributed by atoms with Crippen LogP contribution in [0, 0.1) is 0 Å². The van der Waals surface area contributed by atoms with E-state index >= 15 is 0 Å². The second kappa shape index (κ2) is 7.46. The molecule has 0 amide bonds. The minimum absolute atomic E-state index is 0.187. The van der Waals surface area contributed by atoms with Crippen LogP contribution in [0.3, 0.4) is 0 Å². The van der Waals surface area contributed by atoms with E-state index in [1.54, 1.807) is 0 Å². The van der Waals surface area contributed by atoms with Crippen molar-refractivity contribution in [2.75, 3.05) is 0 Å². The number of ether oxygens (including phenoxy) is 1. The molecule has 2 nitrogen and oxygen atoms in total. The molecule has 0 aliphatic rings. The zero-order chi connectivity index (χ0) is 14.4. The van der Waals surface area contributed by atoms with Gasteiger partial charge in [-0.25, -0.2) is 0 Å². The number of nitrogens with two attached hydrogens (primary N) is 1. The van der Waals surface area contributed by atoms with Crippen LogP contribution in [0.1, 0.15) is 24.5 Å². The highest BCUT2D eigenvalue weighted by atomic mass is 79.9. The third kappa shape index (κ3) is 4.36. The first-order chi connectivity index (χ1) is 9.69. The van der Waals surface area contributed by atoms with Crippen LogP contribution in [-0.4, -0.2) is 6.04 Å². The highest BCUT2D eigenvalue weighted by Gasteiger charge is 2.07. The number of hydrogen-bond acceptors (Lipinski definition) is 2. The van der Waals surface area contributed by atoms with Gasteiger partial charge in [-0.1, -0.05) is 53.2 Å². The molecule has 0 aromatic heterocycles. The number of benzene rings is 2. The van der Waals surface area contributed by atoms with Crippen LogP contribution >= 0.6 is 15.9 Å². The molecule has 0 heterocycles. The van der Waals surface area contributed by atoms with Crippen LogP contribution in [0.25, 0.3) is 0 Å². The van der Waals surface area contributed by atoms with Gasteiger partial charge in [0, 0.05) is 10.5 Å². The molecule has 2 rings (SSSR count). The molecule has 0 aliphatic heterocycles. The van der Waals surface area contributed by atoms with E-state index in [0.29, 0.717) is 6.61 Å². The normalized spacial score (nSPS) is 12.2. The molecular formula is C17H20BrNO. The van der Waals surface area contributed by atoms with Crippen molar-refractivity contribution in [2.24, 2.45) is 5.73 Å². The summed E-state index contributed by atoms with van der Waals surface area (Å²) in [4.78, 5) is 0. The Bertz CT molecular complexity index is 539. The van der Waals surface area contributed by atoms with Crippen molar-refractivity contribution in [2.45, 2.75) is 32.4 Å². The fourth-order valence-corrected chi connectivity index (χ4v) is 2.25. The summed E-state index contributed by atoms with van der Waals surface area (Å²) in [5.41, 5.74) is 8.37. The second-order valence-corrected chi connectivity index (χ2v) is 5.81. The number of rotatable bonds is 6. The van der Waals surface area contributed by atoms with Gasteiger partial charge in [0.15, 0.2) is 0 Å². The van der Waals surface area contributed by atoms with Gasteiger partial charge in [-0.3, -0.25) is 0 Å². The molecule has 2 aromatic rings. The van der Waals surface area contributed by atoms with Gasteiger partial charge in [0.2, 0.25) is 0 Å². The van der Waals surface area contributed by atoms with Crippen molar-refractivity contribution >= 4 is 15.9 Å². The smallest absolute Gasteiger partial charge is 0.123 e. The maximum absolute atomic E-state index is 6.04. The lowest BCUT2D eigenvalue weighted by Crippen LogP contribution is -2.21. The Morgan fingerprint density at radius 3 is 2.50 bits per heavy atom. The molecule has 0 radical (unpaired) electrons. The summed E-state index contributed by atoms with van der Waals surface area (Å²) in [5.74, 6) is 0.930. The zero-order valence-corrected chi connectivity index (χ0v) is 13.3. The Morgan fingerprint density at radius 2 is 1.80 bits per heavy atom. The summed E-state index contributed by atoms with van der Waals surface area (Å²) >= 11 is 3.43. The maximum atomic E-state index is 6.04. The van der Waals surface area contributed by atoms with Crippen LogP contribution in [-0.2, 0) is 13.0 Å². The van der Waals surface area contributed by atoms with Crippen LogP contribution < -0.4 is 10.5 Å². The predicted octanol–water partition coefficient (Wildman–Crippen LogP) is 4.31. The lowest BCUT2D eigenvalue weighted by molar-refractivity contribution is 0.302. The van der Waals surface area contributed by atoms with Crippen molar-refractivity contribution in [3.05, 3.63) is 64.1 Å². The van der Waals surface area contributed by atoms with Crippen LogP contribution in [0.4, 0.5) is 0 Å². The van der Waals surface area contributed by atoms with Gasteiger partial charge in [0.1, 0.15) is 12.4 Å². The van der Waals surface area contributed by atoms with E-state index in [-0.39, 0.29) is 6.04 Å². The molecule has 0 saturated carbocycles. The largest absolute Gasteiger partial charge is 0.489 e. The van der Waals surface area contributed by atoms with E-state index < -0.39 is 0 Å². The molecule has 20 heavy (non-hydrogen) atoms. The Balaban J connectivity index is 2.03. The maximum Gasteiger partial charge on any atom is 0.123 e. The number of halogens is 1. The van der Waals surface area contributed by atoms with E-state index in [0.717, 1.165) is 28.6 Å². The van der Waals surface area contributed by atoms with Gasteiger partial charge < -0.3 is 10.5 Å². The topological polar surface area (TPSA) is 35.2 Å². The highest BCUT2D eigenvalue weighted by molar-refractivity contribution is 9.10. The summed E-state index contributed by atoms with van der Waals surface area (Å²) in [6.45, 7) is 2.68. The van der Waals surface area contributed by atoms with Gasteiger partial charge in [-0.15, -0.1) is 0 Å². The Hall–Kier alpha value is -1.32. The number of para-hydroxylation sites is 1. The molecule has 0 saturated heterocycles. The Kier molecular flexibility index (Phi) is 5.62. The SMILES string of the molecule is CCC(N)Cc1ccccc1OCc1ccc(Br)cc1. The Morgan fingerprint density at radius 1 is 1.10 bits per heavy atom.